The largest absolute Gasteiger partial charge is 0.370 e. The maximum Gasteiger partial charge on any atom is 0.226 e. The third-order valence-corrected chi connectivity index (χ3v) is 9.32. The first-order valence-electron chi connectivity index (χ1n) is 11.7. The van der Waals surface area contributed by atoms with E-state index in [1.54, 1.807) is 18.2 Å². The first-order chi connectivity index (χ1) is 17.1. The maximum absolute atomic E-state index is 14.2. The van der Waals surface area contributed by atoms with Crippen LogP contribution >= 0.6 is 11.6 Å². The van der Waals surface area contributed by atoms with E-state index in [1.165, 1.54) is 24.5 Å². The number of rotatable bonds is 9. The number of hydrogen-bond acceptors (Lipinski definition) is 7. The van der Waals surface area contributed by atoms with E-state index < -0.39 is 20.1 Å². The molecule has 1 atom stereocenters. The van der Waals surface area contributed by atoms with Gasteiger partial charge in [0, 0.05) is 42.7 Å². The molecule has 0 radical (unpaired) electrons. The smallest absolute Gasteiger partial charge is 0.226 e. The standard InChI is InChI=1S/C24H30ClN7O3S/c1-28-11-12-29-21(33)23(7-2-3-8-23)15-24(9-4-10-31-24)36(34,35)16-5-6-17-18(13-16)20(32-22(26)27)30-14-19(17)25/h4-6,9-10,13-14,28H,2-3,7-8,11-12,15H2,1H3,(H,29,33)(H4,26,27,30,32). The fraction of sp³-hybridized carbons (Fsp3) is 0.417. The Hall–Kier alpha value is -3.02. The number of pyridine rings is 1. The van der Waals surface area contributed by atoms with Gasteiger partial charge in [-0.2, -0.15) is 4.99 Å². The number of aliphatic imine (C=N–C) groups is 2. The Morgan fingerprint density at radius 3 is 2.58 bits per heavy atom. The quantitative estimate of drug-likeness (QED) is 0.219. The number of fused-ring (bicyclic) bond motifs is 1. The minimum Gasteiger partial charge on any atom is -0.370 e. The predicted octanol–water partition coefficient (Wildman–Crippen LogP) is 2.19. The van der Waals surface area contributed by atoms with Crippen molar-refractivity contribution in [3.63, 3.8) is 0 Å². The van der Waals surface area contributed by atoms with Crippen LogP contribution in [-0.2, 0) is 14.6 Å². The lowest BCUT2D eigenvalue weighted by molar-refractivity contribution is -0.131. The monoisotopic (exact) mass is 531 g/mol. The van der Waals surface area contributed by atoms with E-state index in [2.05, 4.69) is 25.6 Å². The number of nitrogens with two attached hydrogens (primary N) is 2. The molecular formula is C24H30ClN7O3S. The molecule has 0 spiro atoms. The molecule has 4 rings (SSSR count). The van der Waals surface area contributed by atoms with Crippen LogP contribution in [0.2, 0.25) is 5.02 Å². The highest BCUT2D eigenvalue weighted by atomic mass is 35.5. The molecule has 2 aromatic rings. The molecule has 1 aromatic heterocycles. The number of amides is 1. The summed E-state index contributed by atoms with van der Waals surface area (Å²) in [6.07, 6.45) is 9.02. The van der Waals surface area contributed by atoms with Crippen molar-refractivity contribution < 1.29 is 13.2 Å². The number of hydrogen-bond donors (Lipinski definition) is 4. The van der Waals surface area contributed by atoms with Gasteiger partial charge < -0.3 is 22.1 Å². The molecule has 2 heterocycles. The van der Waals surface area contributed by atoms with Gasteiger partial charge in [0.1, 0.15) is 0 Å². The van der Waals surface area contributed by atoms with Crippen LogP contribution < -0.4 is 22.1 Å². The minimum absolute atomic E-state index is 0.0125. The SMILES string of the molecule is CNCCNC(=O)C1(CC2(S(=O)(=O)c3ccc4c(Cl)cnc(N=C(N)N)c4c3)C=CC=N2)CCCC1. The van der Waals surface area contributed by atoms with Gasteiger partial charge in [-0.25, -0.2) is 13.4 Å². The normalized spacial score (nSPS) is 20.6. The second-order valence-corrected chi connectivity index (χ2v) is 11.8. The third-order valence-electron chi connectivity index (χ3n) is 6.83. The second-order valence-electron chi connectivity index (χ2n) is 9.18. The summed E-state index contributed by atoms with van der Waals surface area (Å²) in [5.74, 6) is -0.196. The van der Waals surface area contributed by atoms with E-state index in [0.717, 1.165) is 12.8 Å². The van der Waals surface area contributed by atoms with E-state index in [4.69, 9.17) is 23.1 Å². The number of sulfone groups is 1. The number of guanidine groups is 1. The fourth-order valence-corrected chi connectivity index (χ4v) is 7.10. The molecule has 0 bridgehead atoms. The Labute approximate surface area is 215 Å². The zero-order chi connectivity index (χ0) is 26.0. The predicted molar refractivity (Wildman–Crippen MR) is 142 cm³/mol. The number of benzene rings is 1. The fourth-order valence-electron chi connectivity index (χ4n) is 5.03. The average Bonchev–Trinajstić information content (AvgIpc) is 3.52. The van der Waals surface area contributed by atoms with Crippen LogP contribution in [0.4, 0.5) is 5.82 Å². The zero-order valence-electron chi connectivity index (χ0n) is 20.0. The van der Waals surface area contributed by atoms with Gasteiger partial charge in [0.15, 0.2) is 16.6 Å². The molecule has 2 aliphatic rings. The average molecular weight is 532 g/mol. The lowest BCUT2D eigenvalue weighted by Gasteiger charge is -2.35. The summed E-state index contributed by atoms with van der Waals surface area (Å²) < 4.78 is 28.4. The van der Waals surface area contributed by atoms with Gasteiger partial charge in [-0.15, -0.1) is 0 Å². The summed E-state index contributed by atoms with van der Waals surface area (Å²) >= 11 is 6.30. The molecule has 10 nitrogen and oxygen atoms in total. The Balaban J connectivity index is 1.79. The van der Waals surface area contributed by atoms with Crippen molar-refractivity contribution in [1.82, 2.24) is 15.6 Å². The molecule has 1 unspecified atom stereocenters. The van der Waals surface area contributed by atoms with Crippen LogP contribution in [0.3, 0.4) is 0 Å². The summed E-state index contributed by atoms with van der Waals surface area (Å²) in [4.78, 5) is 24.4. The van der Waals surface area contributed by atoms with E-state index >= 15 is 0 Å². The molecule has 0 saturated heterocycles. The number of allylic oxidation sites excluding steroid dienone is 1. The van der Waals surface area contributed by atoms with Crippen LogP contribution in [-0.4, -0.2) is 56.5 Å². The Morgan fingerprint density at radius 2 is 1.94 bits per heavy atom. The summed E-state index contributed by atoms with van der Waals surface area (Å²) in [7, 11) is -2.29. The van der Waals surface area contributed by atoms with Crippen LogP contribution in [0.1, 0.15) is 32.1 Å². The number of carbonyl (C=O) groups is 1. The number of nitrogens with zero attached hydrogens (tertiary/aromatic N) is 3. The molecular weight excluding hydrogens is 502 g/mol. The zero-order valence-corrected chi connectivity index (χ0v) is 21.6. The van der Waals surface area contributed by atoms with Crippen molar-refractivity contribution in [3.8, 4) is 0 Å². The highest BCUT2D eigenvalue weighted by Crippen LogP contribution is 2.49. The van der Waals surface area contributed by atoms with Crippen molar-refractivity contribution in [1.29, 1.82) is 0 Å². The number of halogens is 1. The summed E-state index contributed by atoms with van der Waals surface area (Å²) in [5, 5.41) is 7.25. The van der Waals surface area contributed by atoms with Crippen molar-refractivity contribution in [2.75, 3.05) is 20.1 Å². The molecule has 1 aliphatic heterocycles. The lowest BCUT2D eigenvalue weighted by Crippen LogP contribution is -2.47. The van der Waals surface area contributed by atoms with Crippen molar-refractivity contribution in [3.05, 3.63) is 41.6 Å². The van der Waals surface area contributed by atoms with Gasteiger partial charge in [0.25, 0.3) is 0 Å². The summed E-state index contributed by atoms with van der Waals surface area (Å²) in [6.45, 7) is 1.08. The summed E-state index contributed by atoms with van der Waals surface area (Å²) in [6, 6.07) is 4.55. The Morgan fingerprint density at radius 1 is 1.19 bits per heavy atom. The topological polar surface area (TPSA) is 165 Å². The van der Waals surface area contributed by atoms with Gasteiger partial charge in [0.05, 0.1) is 15.3 Å². The highest BCUT2D eigenvalue weighted by Gasteiger charge is 2.53. The number of aromatic nitrogens is 1. The molecule has 36 heavy (non-hydrogen) atoms. The molecule has 1 fully saturated rings. The van der Waals surface area contributed by atoms with Crippen LogP contribution in [0, 0.1) is 5.41 Å². The van der Waals surface area contributed by atoms with E-state index in [9.17, 15) is 13.2 Å². The number of carbonyl (C=O) groups excluding carboxylic acids is 1. The lowest BCUT2D eigenvalue weighted by atomic mass is 9.78. The van der Waals surface area contributed by atoms with Gasteiger partial charge in [0.2, 0.25) is 15.7 Å². The molecule has 1 saturated carbocycles. The van der Waals surface area contributed by atoms with Gasteiger partial charge in [-0.3, -0.25) is 9.79 Å². The maximum atomic E-state index is 14.2. The molecule has 6 N–H and O–H groups in total. The van der Waals surface area contributed by atoms with Gasteiger partial charge in [-0.05, 0) is 44.2 Å². The molecule has 1 aliphatic carbocycles. The minimum atomic E-state index is -4.09. The number of likely N-dealkylation sites (N-methyl/N-ethyl adjacent to an activating group) is 1. The molecule has 1 aromatic carbocycles. The Kier molecular flexibility index (Phi) is 7.35. The van der Waals surface area contributed by atoms with Gasteiger partial charge >= 0.3 is 0 Å². The van der Waals surface area contributed by atoms with E-state index in [0.29, 0.717) is 41.7 Å². The summed E-state index contributed by atoms with van der Waals surface area (Å²) in [5.41, 5.74) is 10.2. The van der Waals surface area contributed by atoms with Crippen LogP contribution in [0.15, 0.2) is 51.4 Å². The van der Waals surface area contributed by atoms with Crippen molar-refractivity contribution >= 4 is 56.1 Å². The molecule has 1 amide bonds. The molecule has 12 heteroatoms. The van der Waals surface area contributed by atoms with Gasteiger partial charge in [-0.1, -0.05) is 30.5 Å². The second kappa shape index (κ2) is 10.2. The van der Waals surface area contributed by atoms with Crippen LogP contribution in [0.25, 0.3) is 10.8 Å². The third kappa shape index (κ3) is 4.70. The number of nitrogens with one attached hydrogen (secondary N) is 2. The van der Waals surface area contributed by atoms with Crippen LogP contribution in [0.5, 0.6) is 0 Å². The molecule has 192 valence electrons. The van der Waals surface area contributed by atoms with Crippen molar-refractivity contribution in [2.45, 2.75) is 41.9 Å². The first-order valence-corrected chi connectivity index (χ1v) is 13.6. The van der Waals surface area contributed by atoms with E-state index in [1.807, 2.05) is 7.05 Å². The first kappa shape index (κ1) is 26.1. The Bertz CT molecular complexity index is 1350. The highest BCUT2D eigenvalue weighted by molar-refractivity contribution is 7.93. The van der Waals surface area contributed by atoms with E-state index in [-0.39, 0.29) is 29.0 Å². The van der Waals surface area contributed by atoms with Crippen molar-refractivity contribution in [2.24, 2.45) is 26.9 Å².